The minimum Gasteiger partial charge on any atom is -0.309 e. The maximum Gasteiger partial charge on any atom is 0.101 e. The summed E-state index contributed by atoms with van der Waals surface area (Å²) in [5.41, 5.74) is 11.6. The van der Waals surface area contributed by atoms with E-state index in [1.807, 2.05) is 72.8 Å². The van der Waals surface area contributed by atoms with Crippen LogP contribution < -0.4 is 0 Å². The Morgan fingerprint density at radius 3 is 1.78 bits per heavy atom. The van der Waals surface area contributed by atoms with Crippen molar-refractivity contribution in [3.8, 4) is 51.8 Å². The van der Waals surface area contributed by atoms with Crippen molar-refractivity contribution in [3.05, 3.63) is 168 Å². The van der Waals surface area contributed by atoms with Crippen molar-refractivity contribution in [2.75, 3.05) is 0 Å². The number of nitriles is 3. The fourth-order valence-electron chi connectivity index (χ4n) is 7.40. The maximum absolute atomic E-state index is 10.2. The Hall–Kier alpha value is -7.39. The average molecular weight is 636 g/mol. The summed E-state index contributed by atoms with van der Waals surface area (Å²) in [4.78, 5) is 0. The summed E-state index contributed by atoms with van der Waals surface area (Å²) in [6.45, 7) is 0. The summed E-state index contributed by atoms with van der Waals surface area (Å²) in [5, 5.41) is 33.9. The van der Waals surface area contributed by atoms with Crippen molar-refractivity contribution in [1.29, 1.82) is 15.8 Å². The molecule has 0 radical (unpaired) electrons. The van der Waals surface area contributed by atoms with Crippen molar-refractivity contribution in [2.45, 2.75) is 0 Å². The molecule has 2 aromatic heterocycles. The highest BCUT2D eigenvalue weighted by molar-refractivity contribution is 6.12. The molecule has 0 saturated carbocycles. The molecule has 0 bridgehead atoms. The van der Waals surface area contributed by atoms with Crippen LogP contribution in [-0.2, 0) is 0 Å². The SMILES string of the molecule is N#Cc1ccc(-c2cccc(-c3cccc(-n4c5ccccc5c5cc(C#N)ccc54)c3)c2)c(-n2c3ccccc3c3cccc(C#N)c32)c1. The molecular weight excluding hydrogens is 611 g/mol. The predicted octanol–water partition coefficient (Wildman–Crippen LogP) is 10.8. The van der Waals surface area contributed by atoms with Crippen molar-refractivity contribution < 1.29 is 0 Å². The van der Waals surface area contributed by atoms with Gasteiger partial charge in [-0.2, -0.15) is 15.8 Å². The molecule has 230 valence electrons. The fraction of sp³-hybridized carbons (Fsp3) is 0. The van der Waals surface area contributed by atoms with E-state index in [0.29, 0.717) is 16.7 Å². The van der Waals surface area contributed by atoms with Crippen LogP contribution in [0.25, 0.3) is 77.2 Å². The Morgan fingerprint density at radius 2 is 1.00 bits per heavy atom. The number of nitrogens with zero attached hydrogens (tertiary/aromatic N) is 5. The highest BCUT2D eigenvalue weighted by atomic mass is 15.0. The van der Waals surface area contributed by atoms with Crippen LogP contribution in [-0.4, -0.2) is 9.13 Å². The van der Waals surface area contributed by atoms with E-state index in [9.17, 15) is 15.8 Å². The van der Waals surface area contributed by atoms with E-state index < -0.39 is 0 Å². The summed E-state index contributed by atoms with van der Waals surface area (Å²) in [6, 6.07) is 57.9. The first kappa shape index (κ1) is 28.8. The normalized spacial score (nSPS) is 11.1. The lowest BCUT2D eigenvalue weighted by atomic mass is 9.96. The molecule has 0 fully saturated rings. The first-order valence-corrected chi connectivity index (χ1v) is 16.3. The molecule has 50 heavy (non-hydrogen) atoms. The van der Waals surface area contributed by atoms with Crippen molar-refractivity contribution in [2.24, 2.45) is 0 Å². The zero-order valence-corrected chi connectivity index (χ0v) is 26.7. The summed E-state index contributed by atoms with van der Waals surface area (Å²) in [6.07, 6.45) is 0. The Morgan fingerprint density at radius 1 is 0.400 bits per heavy atom. The van der Waals surface area contributed by atoms with Crippen molar-refractivity contribution in [3.63, 3.8) is 0 Å². The zero-order valence-electron chi connectivity index (χ0n) is 26.7. The molecule has 0 unspecified atom stereocenters. The maximum atomic E-state index is 10.2. The smallest absolute Gasteiger partial charge is 0.101 e. The van der Waals surface area contributed by atoms with Gasteiger partial charge < -0.3 is 9.13 Å². The van der Waals surface area contributed by atoms with Crippen LogP contribution in [0.4, 0.5) is 0 Å². The predicted molar refractivity (Wildman–Crippen MR) is 200 cm³/mol. The van der Waals surface area contributed by atoms with Gasteiger partial charge in [0.25, 0.3) is 0 Å². The quantitative estimate of drug-likeness (QED) is 0.193. The van der Waals surface area contributed by atoms with Gasteiger partial charge in [-0.25, -0.2) is 0 Å². The first-order chi connectivity index (χ1) is 24.7. The molecule has 5 heteroatoms. The number of hydrogen-bond donors (Lipinski definition) is 0. The van der Waals surface area contributed by atoms with Crippen LogP contribution in [0.1, 0.15) is 16.7 Å². The third-order valence-electron chi connectivity index (χ3n) is 9.60. The van der Waals surface area contributed by atoms with Crippen molar-refractivity contribution >= 4 is 43.6 Å². The molecule has 0 spiro atoms. The number of para-hydroxylation sites is 3. The van der Waals surface area contributed by atoms with E-state index >= 15 is 0 Å². The van der Waals surface area contributed by atoms with Gasteiger partial charge in [0.05, 0.1) is 56.6 Å². The Balaban J connectivity index is 1.23. The molecule has 2 heterocycles. The van der Waals surface area contributed by atoms with E-state index in [0.717, 1.165) is 77.2 Å². The molecule has 0 amide bonds. The largest absolute Gasteiger partial charge is 0.309 e. The lowest BCUT2D eigenvalue weighted by molar-refractivity contribution is 1.17. The monoisotopic (exact) mass is 635 g/mol. The molecule has 0 atom stereocenters. The number of hydrogen-bond acceptors (Lipinski definition) is 3. The molecule has 0 N–H and O–H groups in total. The standard InChI is InChI=1S/C45H25N5/c46-26-29-19-21-43-40(22-29)38-14-2-3-16-41(38)49(43)35-12-6-9-32(25-35)31-8-5-10-33(24-31)36-20-18-30(27-47)23-44(36)50-42-17-4-1-13-37(42)39-15-7-11-34(28-48)45(39)50/h1-25H. The Kier molecular flexibility index (Phi) is 6.56. The molecule has 9 aromatic rings. The third-order valence-corrected chi connectivity index (χ3v) is 9.60. The number of rotatable bonds is 4. The van der Waals surface area contributed by atoms with Gasteiger partial charge in [-0.05, 0) is 83.4 Å². The number of aromatic nitrogens is 2. The number of fused-ring (bicyclic) bond motifs is 6. The van der Waals surface area contributed by atoms with Gasteiger partial charge in [0.1, 0.15) is 6.07 Å². The minimum absolute atomic E-state index is 0.543. The molecule has 0 aliphatic heterocycles. The van der Waals surface area contributed by atoms with Crippen molar-refractivity contribution in [1.82, 2.24) is 9.13 Å². The van der Waals surface area contributed by atoms with E-state index in [1.165, 1.54) is 0 Å². The molecule has 5 nitrogen and oxygen atoms in total. The second-order valence-corrected chi connectivity index (χ2v) is 12.3. The van der Waals surface area contributed by atoms with Gasteiger partial charge >= 0.3 is 0 Å². The fourth-order valence-corrected chi connectivity index (χ4v) is 7.40. The highest BCUT2D eigenvalue weighted by Gasteiger charge is 2.19. The van der Waals surface area contributed by atoms with E-state index in [2.05, 4.69) is 106 Å². The van der Waals surface area contributed by atoms with E-state index in [-0.39, 0.29) is 0 Å². The Labute approximate surface area is 287 Å². The van der Waals surface area contributed by atoms with Crippen LogP contribution in [0.5, 0.6) is 0 Å². The lowest BCUT2D eigenvalue weighted by Gasteiger charge is -2.16. The average Bonchev–Trinajstić information content (AvgIpc) is 3.70. The summed E-state index contributed by atoms with van der Waals surface area (Å²) in [7, 11) is 0. The Bertz CT molecular complexity index is 2970. The van der Waals surface area contributed by atoms with E-state index in [1.54, 1.807) is 0 Å². The van der Waals surface area contributed by atoms with Gasteiger partial charge in [-0.15, -0.1) is 0 Å². The lowest BCUT2D eigenvalue weighted by Crippen LogP contribution is -2.00. The van der Waals surface area contributed by atoms with Crippen LogP contribution >= 0.6 is 0 Å². The molecule has 0 aliphatic carbocycles. The van der Waals surface area contributed by atoms with E-state index in [4.69, 9.17) is 0 Å². The molecule has 0 saturated heterocycles. The molecule has 9 rings (SSSR count). The van der Waals surface area contributed by atoms with Gasteiger partial charge in [-0.3, -0.25) is 0 Å². The second-order valence-electron chi connectivity index (χ2n) is 12.3. The van der Waals surface area contributed by atoms with Crippen LogP contribution in [0, 0.1) is 34.0 Å². The highest BCUT2D eigenvalue weighted by Crippen LogP contribution is 2.39. The number of benzene rings is 7. The topological polar surface area (TPSA) is 81.2 Å². The zero-order chi connectivity index (χ0) is 33.8. The van der Waals surface area contributed by atoms with Gasteiger partial charge in [0, 0.05) is 32.8 Å². The van der Waals surface area contributed by atoms with Crippen LogP contribution in [0.2, 0.25) is 0 Å². The first-order valence-electron chi connectivity index (χ1n) is 16.3. The second kappa shape index (κ2) is 11.4. The van der Waals surface area contributed by atoms with Crippen LogP contribution in [0.15, 0.2) is 152 Å². The molecule has 0 aliphatic rings. The molecular formula is C45H25N5. The minimum atomic E-state index is 0.543. The van der Waals surface area contributed by atoms with Crippen LogP contribution in [0.3, 0.4) is 0 Å². The van der Waals surface area contributed by atoms with Gasteiger partial charge in [-0.1, -0.05) is 84.9 Å². The molecule has 7 aromatic carbocycles. The summed E-state index contributed by atoms with van der Waals surface area (Å²) >= 11 is 0. The third kappa shape index (κ3) is 4.38. The summed E-state index contributed by atoms with van der Waals surface area (Å²) < 4.78 is 4.39. The van der Waals surface area contributed by atoms with Gasteiger partial charge in [0.2, 0.25) is 0 Å². The summed E-state index contributed by atoms with van der Waals surface area (Å²) in [5.74, 6) is 0. The van der Waals surface area contributed by atoms with Gasteiger partial charge in [0.15, 0.2) is 0 Å².